The predicted molar refractivity (Wildman–Crippen MR) is 233 cm³/mol. The topological polar surface area (TPSA) is 286 Å². The molecule has 2 amide bonds. The molecule has 5 aromatic heterocycles. The number of carboxylic acid groups (broad SMARTS) is 1. The Morgan fingerprint density at radius 3 is 1.23 bits per heavy atom. The van der Waals surface area contributed by atoms with E-state index in [1.807, 2.05) is 0 Å². The zero-order chi connectivity index (χ0) is 50.9. The molecule has 1 N–H and O–H groups in total. The van der Waals surface area contributed by atoms with Crippen LogP contribution in [0.4, 0.5) is 0 Å². The largest absolute Gasteiger partial charge is 0.478 e. The van der Waals surface area contributed by atoms with Crippen LogP contribution < -0.4 is 0 Å². The number of aromatic carboxylic acids is 1. The Balaban J connectivity index is 0.000000189. The molecule has 0 aromatic carbocycles. The molecule has 0 unspecified atom stereocenters. The van der Waals surface area contributed by atoms with Crippen LogP contribution >= 0.6 is 0 Å². The summed E-state index contributed by atoms with van der Waals surface area (Å²) >= 11 is 0. The summed E-state index contributed by atoms with van der Waals surface area (Å²) in [4.78, 5) is 79.3. The number of aryl methyl sites for hydroxylation is 4. The van der Waals surface area contributed by atoms with E-state index in [0.29, 0.717) is 115 Å². The first-order chi connectivity index (χ1) is 32.8. The van der Waals surface area contributed by atoms with E-state index in [9.17, 15) is 33.6 Å². The lowest BCUT2D eigenvalue weighted by Crippen LogP contribution is -2.21. The Bertz CT molecular complexity index is 2520. The van der Waals surface area contributed by atoms with Gasteiger partial charge in [0.25, 0.3) is 11.8 Å². The number of rotatable bonds is 10. The molecule has 374 valence electrons. The van der Waals surface area contributed by atoms with Crippen molar-refractivity contribution in [2.24, 2.45) is 0 Å². The van der Waals surface area contributed by atoms with Gasteiger partial charge in [-0.2, -0.15) is 0 Å². The molecule has 0 radical (unpaired) electrons. The van der Waals surface area contributed by atoms with Crippen LogP contribution in [-0.2, 0) is 37.9 Å². The van der Waals surface area contributed by atoms with Gasteiger partial charge >= 0.3 is 17.9 Å². The number of hydrogen-bond donors (Lipinski definition) is 1. The summed E-state index contributed by atoms with van der Waals surface area (Å²) < 4.78 is 66.3. The Hall–Kier alpha value is -7.15. The van der Waals surface area contributed by atoms with Crippen LogP contribution in [-0.4, -0.2) is 139 Å². The van der Waals surface area contributed by atoms with Crippen molar-refractivity contribution >= 4 is 42.3 Å². The molecule has 3 aliphatic heterocycles. The molecule has 69 heavy (non-hydrogen) atoms. The number of ether oxygens (including phenoxy) is 8. The molecule has 8 rings (SSSR count). The Kier molecular flexibility index (Phi) is 20.4. The van der Waals surface area contributed by atoms with E-state index in [1.165, 1.54) is 48.5 Å². The van der Waals surface area contributed by atoms with Crippen molar-refractivity contribution in [2.45, 2.75) is 46.6 Å². The first-order valence-electron chi connectivity index (χ1n) is 20.8. The number of furan rings is 5. The fourth-order valence-corrected chi connectivity index (χ4v) is 6.07. The highest BCUT2D eigenvalue weighted by molar-refractivity contribution is 5.95. The second-order valence-corrected chi connectivity index (χ2v) is 14.9. The number of methoxy groups -OCH3 is 2. The molecular weight excluding hydrogens is 916 g/mol. The monoisotopic (exact) mass is 970 g/mol. The van der Waals surface area contributed by atoms with Gasteiger partial charge in [0.1, 0.15) is 46.0 Å². The number of hydrogen-bond acceptors (Lipinski definition) is 20. The van der Waals surface area contributed by atoms with Gasteiger partial charge in [-0.1, -0.05) is 0 Å². The van der Waals surface area contributed by atoms with Crippen LogP contribution in [0.1, 0.15) is 132 Å². The lowest BCUT2D eigenvalue weighted by atomic mass is 10.2. The van der Waals surface area contributed by atoms with Crippen LogP contribution in [0.3, 0.4) is 0 Å². The fraction of sp³-hybridized carbons (Fsp3) is 0.413. The summed E-state index contributed by atoms with van der Waals surface area (Å²) in [5.41, 5.74) is 1.80. The van der Waals surface area contributed by atoms with E-state index in [-0.39, 0.29) is 28.9 Å². The summed E-state index contributed by atoms with van der Waals surface area (Å²) in [6.07, 6.45) is 0.851. The highest BCUT2D eigenvalue weighted by atomic mass is 16.7. The molecule has 8 heterocycles. The normalized spacial score (nSPS) is 14.4. The molecule has 3 saturated heterocycles. The van der Waals surface area contributed by atoms with Crippen LogP contribution in [0, 0.1) is 27.7 Å². The minimum absolute atomic E-state index is 0.0782. The molecule has 0 bridgehead atoms. The fourth-order valence-electron chi connectivity index (χ4n) is 6.07. The summed E-state index contributed by atoms with van der Waals surface area (Å²) in [6, 6.07) is 7.49. The highest BCUT2D eigenvalue weighted by Gasteiger charge is 2.28. The van der Waals surface area contributed by atoms with Gasteiger partial charge in [0, 0.05) is 40.3 Å². The van der Waals surface area contributed by atoms with Crippen LogP contribution in [0.5, 0.6) is 0 Å². The minimum atomic E-state index is -1.00. The van der Waals surface area contributed by atoms with Crippen LogP contribution in [0.25, 0.3) is 0 Å². The maximum absolute atomic E-state index is 11.8. The zero-order valence-electron chi connectivity index (χ0n) is 39.6. The average molecular weight is 971 g/mol. The molecular formula is C46H54N2O21. The summed E-state index contributed by atoms with van der Waals surface area (Å²) in [6.45, 7) is 9.86. The molecule has 0 saturated carbocycles. The van der Waals surface area contributed by atoms with Gasteiger partial charge in [0.15, 0.2) is 41.4 Å². The number of carboxylic acids is 1. The van der Waals surface area contributed by atoms with E-state index < -0.39 is 36.8 Å². The van der Waals surface area contributed by atoms with Gasteiger partial charge in [-0.05, 0) is 45.9 Å². The third-order valence-corrected chi connectivity index (χ3v) is 9.49. The zero-order valence-corrected chi connectivity index (χ0v) is 39.6. The second kappa shape index (κ2) is 25.8. The lowest BCUT2D eigenvalue weighted by molar-refractivity contribution is -0.0593. The molecule has 0 atom stereocenters. The van der Waals surface area contributed by atoms with Crippen LogP contribution in [0.15, 0.2) is 58.7 Å². The summed E-state index contributed by atoms with van der Waals surface area (Å²) in [5, 5.41) is 8.78. The molecule has 3 fully saturated rings. The second-order valence-electron chi connectivity index (χ2n) is 14.9. The predicted octanol–water partition coefficient (Wildman–Crippen LogP) is 6.07. The number of carbonyl (C=O) groups is 7. The molecule has 3 aliphatic rings. The SMILES string of the molecule is CN(C)C(=O)c1coc(C=O)c1.COC(=O)c1cc(C2OCCO2)oc1C.COC(=O)c1cc(C=O)oc1C.Cc1oc(C2OCCO2)cc1C(=O)N(C)C.Cc1oc(C2OCCO2)cc1C(=O)O. The Morgan fingerprint density at radius 2 is 0.884 bits per heavy atom. The van der Waals surface area contributed by atoms with Crippen molar-refractivity contribution in [2.75, 3.05) is 82.1 Å². The molecule has 23 nitrogen and oxygen atoms in total. The smallest absolute Gasteiger partial charge is 0.341 e. The highest BCUT2D eigenvalue weighted by Crippen LogP contribution is 2.30. The Labute approximate surface area is 394 Å². The number of nitrogens with zero attached hydrogens (tertiary/aromatic N) is 2. The van der Waals surface area contributed by atoms with Gasteiger partial charge in [-0.3, -0.25) is 19.2 Å². The van der Waals surface area contributed by atoms with Gasteiger partial charge in [-0.25, -0.2) is 14.4 Å². The first-order valence-corrected chi connectivity index (χ1v) is 20.8. The summed E-state index contributed by atoms with van der Waals surface area (Å²) in [7, 11) is 9.28. The molecule has 5 aromatic rings. The summed E-state index contributed by atoms with van der Waals surface area (Å²) in [5.74, 6) is 1.47. The van der Waals surface area contributed by atoms with Gasteiger partial charge < -0.3 is 74.9 Å². The standard InChI is InChI=1S/C11H15NO4.C10H12O5.C9H10O5.C8H9NO3.C8H8O4/c1-7-8(10(13)12(2)3)6-9(16-7)11-14-4-5-15-11;1-6-7(9(11)12-2)5-8(15-6)10-13-3-4-14-10;1-5-6(8(10)11)4-7(14-5)9-12-2-3-13-9;1-9(2)8(11)6-3-7(4-10)12-5-6;1-5-7(8(10)11-2)3-6(4-9)12-5/h6,11H,4-5H2,1-3H3;5,10H,3-4H2,1-2H3;4,9H,2-3H2,1H3,(H,10,11);3-5H,1-2H3;3-4H,1-2H3. The maximum atomic E-state index is 11.8. The number of aldehydes is 2. The number of esters is 2. The van der Waals surface area contributed by atoms with Gasteiger partial charge in [0.2, 0.25) is 18.9 Å². The number of carbonyl (C=O) groups excluding carboxylic acids is 6. The molecule has 0 spiro atoms. The van der Waals surface area contributed by atoms with Gasteiger partial charge in [-0.15, -0.1) is 0 Å². The van der Waals surface area contributed by atoms with Crippen molar-refractivity contribution in [1.29, 1.82) is 0 Å². The first kappa shape index (κ1) is 54.5. The van der Waals surface area contributed by atoms with E-state index >= 15 is 0 Å². The van der Waals surface area contributed by atoms with Crippen molar-refractivity contribution in [1.82, 2.24) is 9.80 Å². The quantitative estimate of drug-likeness (QED) is 0.123. The van der Waals surface area contributed by atoms with Crippen molar-refractivity contribution in [3.05, 3.63) is 116 Å². The third kappa shape index (κ3) is 14.9. The van der Waals surface area contributed by atoms with Gasteiger partial charge in [0.05, 0.1) is 65.0 Å². The van der Waals surface area contributed by atoms with Crippen LogP contribution in [0.2, 0.25) is 0 Å². The average Bonchev–Trinajstić information content (AvgIpc) is 4.18. The van der Waals surface area contributed by atoms with E-state index in [1.54, 1.807) is 68.0 Å². The minimum Gasteiger partial charge on any atom is -0.478 e. The lowest BCUT2D eigenvalue weighted by Gasteiger charge is -2.08. The molecule has 0 aliphatic carbocycles. The van der Waals surface area contributed by atoms with Crippen molar-refractivity contribution < 1.29 is 98.6 Å². The van der Waals surface area contributed by atoms with E-state index in [2.05, 4.69) is 9.47 Å². The maximum Gasteiger partial charge on any atom is 0.341 e. The third-order valence-electron chi connectivity index (χ3n) is 9.49. The van der Waals surface area contributed by atoms with E-state index in [0.717, 1.165) is 0 Å². The van der Waals surface area contributed by atoms with Crippen molar-refractivity contribution in [3.8, 4) is 0 Å². The van der Waals surface area contributed by atoms with Crippen molar-refractivity contribution in [3.63, 3.8) is 0 Å². The molecule has 23 heteroatoms. The Morgan fingerprint density at radius 1 is 0.522 bits per heavy atom. The van der Waals surface area contributed by atoms with E-state index in [4.69, 9.17) is 55.6 Å². The number of amides is 2.